The first-order valence-electron chi connectivity index (χ1n) is 4.40. The molecule has 0 unspecified atom stereocenters. The lowest BCUT2D eigenvalue weighted by atomic mass is 10.3. The summed E-state index contributed by atoms with van der Waals surface area (Å²) < 4.78 is 36.7. The molecule has 0 atom stereocenters. The molecule has 1 amide bonds. The molecule has 0 aliphatic carbocycles. The molecule has 1 aromatic heterocycles. The SMILES string of the molecule is O=C1CSCN1c1ccc(C(F)(F)F)cn1. The fourth-order valence-electron chi connectivity index (χ4n) is 1.28. The summed E-state index contributed by atoms with van der Waals surface area (Å²) in [5.74, 6) is 0.931. The van der Waals surface area contributed by atoms with E-state index < -0.39 is 11.7 Å². The first-order chi connectivity index (χ1) is 7.48. The number of alkyl halides is 3. The second kappa shape index (κ2) is 3.97. The van der Waals surface area contributed by atoms with Crippen LogP contribution < -0.4 is 4.90 Å². The van der Waals surface area contributed by atoms with Gasteiger partial charge in [0.25, 0.3) is 0 Å². The van der Waals surface area contributed by atoms with Gasteiger partial charge >= 0.3 is 6.18 Å². The number of thioether (sulfide) groups is 1. The Morgan fingerprint density at radius 1 is 1.38 bits per heavy atom. The standard InChI is InChI=1S/C9H7F3N2OS/c10-9(11,12)6-1-2-7(13-3-6)14-5-16-4-8(14)15/h1-3H,4-5H2. The minimum Gasteiger partial charge on any atom is -0.286 e. The first kappa shape index (κ1) is 11.3. The van der Waals surface area contributed by atoms with Crippen molar-refractivity contribution in [3.63, 3.8) is 0 Å². The molecule has 7 heteroatoms. The highest BCUT2D eigenvalue weighted by molar-refractivity contribution is 8.00. The monoisotopic (exact) mass is 248 g/mol. The summed E-state index contributed by atoms with van der Waals surface area (Å²) in [6.07, 6.45) is -3.65. The Morgan fingerprint density at radius 2 is 2.12 bits per heavy atom. The molecule has 2 heterocycles. The Kier molecular flexibility index (Phi) is 2.79. The zero-order chi connectivity index (χ0) is 11.8. The third kappa shape index (κ3) is 2.13. The Labute approximate surface area is 93.6 Å². The molecule has 0 N–H and O–H groups in total. The van der Waals surface area contributed by atoms with Gasteiger partial charge in [-0.15, -0.1) is 11.8 Å². The molecule has 86 valence electrons. The van der Waals surface area contributed by atoms with Crippen LogP contribution in [0, 0.1) is 0 Å². The summed E-state index contributed by atoms with van der Waals surface area (Å²) >= 11 is 1.41. The summed E-state index contributed by atoms with van der Waals surface area (Å²) in [4.78, 5) is 16.3. The summed E-state index contributed by atoms with van der Waals surface area (Å²) in [6, 6.07) is 2.14. The van der Waals surface area contributed by atoms with Gasteiger partial charge in [-0.2, -0.15) is 13.2 Å². The lowest BCUT2D eigenvalue weighted by Crippen LogP contribution is -2.25. The van der Waals surface area contributed by atoms with Crippen LogP contribution in [0.2, 0.25) is 0 Å². The topological polar surface area (TPSA) is 33.2 Å². The molecule has 16 heavy (non-hydrogen) atoms. The predicted molar refractivity (Wildman–Crippen MR) is 54.1 cm³/mol. The van der Waals surface area contributed by atoms with E-state index in [9.17, 15) is 18.0 Å². The van der Waals surface area contributed by atoms with Crippen LogP contribution in [0.3, 0.4) is 0 Å². The van der Waals surface area contributed by atoms with Crippen molar-refractivity contribution in [2.24, 2.45) is 0 Å². The van der Waals surface area contributed by atoms with E-state index in [4.69, 9.17) is 0 Å². The van der Waals surface area contributed by atoms with E-state index >= 15 is 0 Å². The van der Waals surface area contributed by atoms with E-state index in [1.807, 2.05) is 0 Å². The van der Waals surface area contributed by atoms with Crippen molar-refractivity contribution < 1.29 is 18.0 Å². The van der Waals surface area contributed by atoms with Crippen LogP contribution in [0.4, 0.5) is 19.0 Å². The molecular weight excluding hydrogens is 241 g/mol. The van der Waals surface area contributed by atoms with Gasteiger partial charge < -0.3 is 0 Å². The summed E-state index contributed by atoms with van der Waals surface area (Å²) in [6.45, 7) is 0. The number of pyridine rings is 1. The average molecular weight is 248 g/mol. The highest BCUT2D eigenvalue weighted by Crippen LogP contribution is 2.30. The van der Waals surface area contributed by atoms with E-state index in [-0.39, 0.29) is 11.7 Å². The first-order valence-corrected chi connectivity index (χ1v) is 5.55. The average Bonchev–Trinajstić information content (AvgIpc) is 2.63. The van der Waals surface area contributed by atoms with Crippen molar-refractivity contribution >= 4 is 23.5 Å². The Hall–Kier alpha value is -1.24. The van der Waals surface area contributed by atoms with Crippen LogP contribution in [0.15, 0.2) is 18.3 Å². The van der Waals surface area contributed by atoms with Gasteiger partial charge in [-0.1, -0.05) is 0 Å². The van der Waals surface area contributed by atoms with E-state index in [1.54, 1.807) is 0 Å². The van der Waals surface area contributed by atoms with Crippen LogP contribution in [0.1, 0.15) is 5.56 Å². The van der Waals surface area contributed by atoms with Crippen molar-refractivity contribution in [1.82, 2.24) is 4.98 Å². The zero-order valence-electron chi connectivity index (χ0n) is 7.99. The number of carbonyl (C=O) groups is 1. The number of rotatable bonds is 1. The number of carbonyl (C=O) groups excluding carboxylic acids is 1. The molecule has 3 nitrogen and oxygen atoms in total. The Balaban J connectivity index is 2.22. The number of halogens is 3. The third-order valence-corrected chi connectivity index (χ3v) is 2.99. The largest absolute Gasteiger partial charge is 0.417 e. The van der Waals surface area contributed by atoms with Gasteiger partial charge in [0.1, 0.15) is 5.82 Å². The Morgan fingerprint density at radius 3 is 2.56 bits per heavy atom. The fourth-order valence-corrected chi connectivity index (χ4v) is 2.16. The number of amides is 1. The van der Waals surface area contributed by atoms with E-state index in [0.29, 0.717) is 11.6 Å². The van der Waals surface area contributed by atoms with Gasteiger partial charge in [-0.3, -0.25) is 9.69 Å². The minimum atomic E-state index is -4.39. The van der Waals surface area contributed by atoms with Gasteiger partial charge in [0.15, 0.2) is 0 Å². The van der Waals surface area contributed by atoms with Crippen molar-refractivity contribution in [3.8, 4) is 0 Å². The highest BCUT2D eigenvalue weighted by Gasteiger charge is 2.31. The predicted octanol–water partition coefficient (Wildman–Crippen LogP) is 2.14. The van der Waals surface area contributed by atoms with Crippen LogP contribution in [-0.4, -0.2) is 22.5 Å². The lowest BCUT2D eigenvalue weighted by molar-refractivity contribution is -0.137. The molecule has 0 bridgehead atoms. The van der Waals surface area contributed by atoms with Gasteiger partial charge in [0, 0.05) is 6.20 Å². The molecule has 1 saturated heterocycles. The fraction of sp³-hybridized carbons (Fsp3) is 0.333. The summed E-state index contributed by atoms with van der Waals surface area (Å²) in [7, 11) is 0. The molecule has 2 rings (SSSR count). The van der Waals surface area contributed by atoms with Crippen LogP contribution in [0.25, 0.3) is 0 Å². The van der Waals surface area contributed by atoms with Crippen LogP contribution in [-0.2, 0) is 11.0 Å². The molecule has 0 saturated carbocycles. The smallest absolute Gasteiger partial charge is 0.286 e. The number of nitrogens with zero attached hydrogens (tertiary/aromatic N) is 2. The van der Waals surface area contributed by atoms with Gasteiger partial charge in [-0.25, -0.2) is 4.98 Å². The van der Waals surface area contributed by atoms with Crippen molar-refractivity contribution in [2.45, 2.75) is 6.18 Å². The summed E-state index contributed by atoms with van der Waals surface area (Å²) in [5, 5.41) is 0. The molecule has 0 aromatic carbocycles. The van der Waals surface area contributed by atoms with Crippen LogP contribution in [0.5, 0.6) is 0 Å². The number of hydrogen-bond donors (Lipinski definition) is 0. The van der Waals surface area contributed by atoms with Gasteiger partial charge in [0.2, 0.25) is 5.91 Å². The van der Waals surface area contributed by atoms with Crippen LogP contribution >= 0.6 is 11.8 Å². The molecule has 0 radical (unpaired) electrons. The molecule has 1 aliphatic rings. The number of aromatic nitrogens is 1. The van der Waals surface area contributed by atoms with Crippen molar-refractivity contribution in [2.75, 3.05) is 16.5 Å². The van der Waals surface area contributed by atoms with E-state index in [0.717, 1.165) is 12.3 Å². The van der Waals surface area contributed by atoms with Crippen molar-refractivity contribution in [1.29, 1.82) is 0 Å². The molecule has 0 spiro atoms. The lowest BCUT2D eigenvalue weighted by Gasteiger charge is -2.14. The summed E-state index contributed by atoms with van der Waals surface area (Å²) in [5.41, 5.74) is -0.810. The maximum Gasteiger partial charge on any atom is 0.417 e. The van der Waals surface area contributed by atoms with Crippen molar-refractivity contribution in [3.05, 3.63) is 23.9 Å². The third-order valence-electron chi connectivity index (χ3n) is 2.10. The molecular formula is C9H7F3N2OS. The quantitative estimate of drug-likeness (QED) is 0.763. The second-order valence-corrected chi connectivity index (χ2v) is 4.16. The minimum absolute atomic E-state index is 0.128. The number of anilines is 1. The van der Waals surface area contributed by atoms with Gasteiger partial charge in [0.05, 0.1) is 17.2 Å². The maximum absolute atomic E-state index is 12.2. The Bertz CT molecular complexity index is 404. The second-order valence-electron chi connectivity index (χ2n) is 3.20. The zero-order valence-corrected chi connectivity index (χ0v) is 8.81. The van der Waals surface area contributed by atoms with E-state index in [1.165, 1.54) is 22.7 Å². The molecule has 1 aliphatic heterocycles. The highest BCUT2D eigenvalue weighted by atomic mass is 32.2. The molecule has 1 aromatic rings. The maximum atomic E-state index is 12.2. The normalized spacial score (nSPS) is 16.9. The van der Waals surface area contributed by atoms with E-state index in [2.05, 4.69) is 4.98 Å². The number of hydrogen-bond acceptors (Lipinski definition) is 3. The molecule has 1 fully saturated rings. The van der Waals surface area contributed by atoms with Gasteiger partial charge in [-0.05, 0) is 12.1 Å².